The number of benzene rings is 1. The van der Waals surface area contributed by atoms with Gasteiger partial charge in [-0.15, -0.1) is 0 Å². The van der Waals surface area contributed by atoms with Crippen LogP contribution in [0.15, 0.2) is 18.2 Å². The molecule has 0 bridgehead atoms. The Balaban J connectivity index is 2.71. The van der Waals surface area contributed by atoms with Crippen LogP contribution in [0.5, 0.6) is 5.75 Å². The summed E-state index contributed by atoms with van der Waals surface area (Å²) in [6.45, 7) is 5.43. The Kier molecular flexibility index (Phi) is 5.24. The Labute approximate surface area is 119 Å². The average molecular weight is 306 g/mol. The molecule has 0 saturated carbocycles. The van der Waals surface area contributed by atoms with Crippen molar-refractivity contribution in [1.82, 2.24) is 0 Å². The van der Waals surface area contributed by atoms with E-state index in [0.717, 1.165) is 5.56 Å². The van der Waals surface area contributed by atoms with Gasteiger partial charge in [0.2, 0.25) is 0 Å². The van der Waals surface area contributed by atoms with Gasteiger partial charge in [0, 0.05) is 17.1 Å². The molecule has 0 aliphatic carbocycles. The minimum absolute atomic E-state index is 0.0347. The molecule has 4 nitrogen and oxygen atoms in total. The molecule has 1 rings (SSSR count). The predicted octanol–water partition coefficient (Wildman–Crippen LogP) is 2.39. The van der Waals surface area contributed by atoms with Crippen LogP contribution >= 0.6 is 11.6 Å². The molecule has 0 aliphatic rings. The van der Waals surface area contributed by atoms with Gasteiger partial charge < -0.3 is 10.5 Å². The van der Waals surface area contributed by atoms with Gasteiger partial charge in [0.25, 0.3) is 0 Å². The second-order valence-electron chi connectivity index (χ2n) is 5.24. The summed E-state index contributed by atoms with van der Waals surface area (Å²) in [5, 5.41) is 0.533. The van der Waals surface area contributed by atoms with Crippen LogP contribution in [0, 0.1) is 0 Å². The van der Waals surface area contributed by atoms with E-state index in [1.165, 1.54) is 0 Å². The first-order valence-corrected chi connectivity index (χ1v) is 8.04. The van der Waals surface area contributed by atoms with Crippen molar-refractivity contribution in [2.45, 2.75) is 32.1 Å². The van der Waals surface area contributed by atoms with Gasteiger partial charge in [0.1, 0.15) is 12.4 Å². The first-order valence-electron chi connectivity index (χ1n) is 6.01. The highest BCUT2D eigenvalue weighted by Gasteiger charge is 2.28. The summed E-state index contributed by atoms with van der Waals surface area (Å²) < 4.78 is 28.6. The third kappa shape index (κ3) is 4.37. The van der Waals surface area contributed by atoms with Crippen molar-refractivity contribution in [2.75, 3.05) is 12.4 Å². The molecule has 0 radical (unpaired) electrons. The van der Waals surface area contributed by atoms with Crippen LogP contribution in [-0.2, 0) is 16.4 Å². The fraction of sp³-hybridized carbons (Fsp3) is 0.538. The molecule has 19 heavy (non-hydrogen) atoms. The highest BCUT2D eigenvalue weighted by Crippen LogP contribution is 2.23. The van der Waals surface area contributed by atoms with E-state index in [4.69, 9.17) is 22.1 Å². The van der Waals surface area contributed by atoms with E-state index in [-0.39, 0.29) is 12.4 Å². The van der Waals surface area contributed by atoms with Crippen LogP contribution < -0.4 is 10.5 Å². The Hall–Kier alpha value is -0.780. The first kappa shape index (κ1) is 16.3. The van der Waals surface area contributed by atoms with Crippen molar-refractivity contribution in [3.63, 3.8) is 0 Å². The third-order valence-corrected chi connectivity index (χ3v) is 5.60. The van der Waals surface area contributed by atoms with Crippen molar-refractivity contribution in [2.24, 2.45) is 5.73 Å². The van der Waals surface area contributed by atoms with Gasteiger partial charge in [-0.05, 0) is 32.9 Å². The van der Waals surface area contributed by atoms with E-state index in [9.17, 15) is 8.42 Å². The van der Waals surface area contributed by atoms with Crippen LogP contribution in [0.25, 0.3) is 0 Å². The van der Waals surface area contributed by atoms with Gasteiger partial charge >= 0.3 is 0 Å². The molecule has 1 aromatic rings. The summed E-state index contributed by atoms with van der Waals surface area (Å²) in [6.07, 6.45) is 0. The maximum atomic E-state index is 11.9. The summed E-state index contributed by atoms with van der Waals surface area (Å²) in [7, 11) is -3.19. The van der Waals surface area contributed by atoms with Gasteiger partial charge in [0.15, 0.2) is 9.84 Å². The number of hydrogen-bond donors (Lipinski definition) is 1. The molecule has 2 N–H and O–H groups in total. The predicted molar refractivity (Wildman–Crippen MR) is 78.4 cm³/mol. The van der Waals surface area contributed by atoms with Gasteiger partial charge in [-0.25, -0.2) is 8.42 Å². The summed E-state index contributed by atoms with van der Waals surface area (Å²) in [6, 6.07) is 5.14. The van der Waals surface area contributed by atoms with E-state index < -0.39 is 14.6 Å². The lowest BCUT2D eigenvalue weighted by molar-refractivity contribution is 0.336. The normalized spacial score (nSPS) is 12.5. The summed E-state index contributed by atoms with van der Waals surface area (Å²) >= 11 is 5.88. The zero-order chi connectivity index (χ0) is 14.7. The van der Waals surface area contributed by atoms with Crippen molar-refractivity contribution < 1.29 is 13.2 Å². The van der Waals surface area contributed by atoms with E-state index in [1.807, 2.05) is 0 Å². The van der Waals surface area contributed by atoms with E-state index in [2.05, 4.69) is 0 Å². The standard InChI is InChI=1S/C13H20ClNO3S/c1-13(2,3)19(16,17)7-6-18-12-8-11(14)5-4-10(12)9-15/h4-5,8H,6-7,9,15H2,1-3H3. The molecule has 108 valence electrons. The van der Waals surface area contributed by atoms with Gasteiger partial charge in [-0.3, -0.25) is 0 Å². The molecule has 0 unspecified atom stereocenters. The second-order valence-corrected chi connectivity index (χ2v) is 8.53. The molecule has 0 spiro atoms. The second kappa shape index (κ2) is 6.11. The monoisotopic (exact) mass is 305 g/mol. The smallest absolute Gasteiger partial charge is 0.158 e. The summed E-state index contributed by atoms with van der Waals surface area (Å²) in [5.74, 6) is 0.506. The number of ether oxygens (including phenoxy) is 1. The zero-order valence-electron chi connectivity index (χ0n) is 11.4. The zero-order valence-corrected chi connectivity index (χ0v) is 13.0. The molecule has 0 fully saturated rings. The quantitative estimate of drug-likeness (QED) is 0.907. The minimum atomic E-state index is -3.19. The lowest BCUT2D eigenvalue weighted by Crippen LogP contribution is -2.32. The number of rotatable bonds is 5. The Morgan fingerprint density at radius 1 is 1.32 bits per heavy atom. The van der Waals surface area contributed by atoms with Crippen LogP contribution in [0.1, 0.15) is 26.3 Å². The van der Waals surface area contributed by atoms with Gasteiger partial charge in [-0.1, -0.05) is 17.7 Å². The Morgan fingerprint density at radius 3 is 2.47 bits per heavy atom. The van der Waals surface area contributed by atoms with Crippen molar-refractivity contribution in [3.8, 4) is 5.75 Å². The highest BCUT2D eigenvalue weighted by atomic mass is 35.5. The van der Waals surface area contributed by atoms with Crippen LogP contribution in [0.3, 0.4) is 0 Å². The average Bonchev–Trinajstić information content (AvgIpc) is 2.27. The van der Waals surface area contributed by atoms with Gasteiger partial charge in [0.05, 0.1) is 10.5 Å². The topological polar surface area (TPSA) is 69.4 Å². The van der Waals surface area contributed by atoms with Crippen molar-refractivity contribution >= 4 is 21.4 Å². The Bertz CT molecular complexity index is 535. The van der Waals surface area contributed by atoms with E-state index in [1.54, 1.807) is 39.0 Å². The lowest BCUT2D eigenvalue weighted by Gasteiger charge is -2.19. The molecule has 0 amide bonds. The molecule has 0 saturated heterocycles. The van der Waals surface area contributed by atoms with Gasteiger partial charge in [-0.2, -0.15) is 0 Å². The van der Waals surface area contributed by atoms with Crippen molar-refractivity contribution in [1.29, 1.82) is 0 Å². The number of sulfone groups is 1. The molecule has 0 heterocycles. The molecule has 0 aliphatic heterocycles. The van der Waals surface area contributed by atoms with Crippen molar-refractivity contribution in [3.05, 3.63) is 28.8 Å². The SMILES string of the molecule is CC(C)(C)S(=O)(=O)CCOc1cc(Cl)ccc1CN. The molecular formula is C13H20ClNO3S. The maximum absolute atomic E-state index is 11.9. The fourth-order valence-electron chi connectivity index (χ4n) is 1.40. The van der Waals surface area contributed by atoms with Crippen LogP contribution in [0.4, 0.5) is 0 Å². The number of halogens is 1. The number of nitrogens with two attached hydrogens (primary N) is 1. The highest BCUT2D eigenvalue weighted by molar-refractivity contribution is 7.92. The summed E-state index contributed by atoms with van der Waals surface area (Å²) in [5.41, 5.74) is 6.39. The fourth-order valence-corrected chi connectivity index (χ4v) is 2.48. The van der Waals surface area contributed by atoms with E-state index >= 15 is 0 Å². The first-order chi connectivity index (χ1) is 8.67. The largest absolute Gasteiger partial charge is 0.492 e. The summed E-state index contributed by atoms with van der Waals surface area (Å²) in [4.78, 5) is 0. The molecule has 0 atom stereocenters. The molecule has 1 aromatic carbocycles. The Morgan fingerprint density at radius 2 is 1.95 bits per heavy atom. The number of hydrogen-bond acceptors (Lipinski definition) is 4. The molecular weight excluding hydrogens is 286 g/mol. The van der Waals surface area contributed by atoms with Crippen LogP contribution in [-0.4, -0.2) is 25.5 Å². The third-order valence-electron chi connectivity index (χ3n) is 2.79. The minimum Gasteiger partial charge on any atom is -0.492 e. The molecule has 6 heteroatoms. The van der Waals surface area contributed by atoms with Crippen LogP contribution in [0.2, 0.25) is 5.02 Å². The lowest BCUT2D eigenvalue weighted by atomic mass is 10.2. The molecule has 0 aromatic heterocycles. The van der Waals surface area contributed by atoms with E-state index in [0.29, 0.717) is 17.3 Å². The maximum Gasteiger partial charge on any atom is 0.158 e.